The van der Waals surface area contributed by atoms with Crippen molar-refractivity contribution in [1.29, 1.82) is 0 Å². The molecule has 0 aromatic carbocycles. The van der Waals surface area contributed by atoms with Crippen molar-refractivity contribution in [3.8, 4) is 0 Å². The molecule has 0 bridgehead atoms. The van der Waals surface area contributed by atoms with E-state index in [0.29, 0.717) is 17.1 Å². The minimum Gasteiger partial charge on any atom is -0.312 e. The zero-order valence-corrected chi connectivity index (χ0v) is 11.1. The fourth-order valence-corrected chi connectivity index (χ4v) is 1.85. The van der Waals surface area contributed by atoms with Gasteiger partial charge in [-0.05, 0) is 24.4 Å². The standard InChI is InChI=1S/C11H15ClN4O/c1-6(2)7(3)16-5-13-9-8(10(16)17)15(4)11(12)14-9/h5-7H,1-4H3/t7-/m0/s1. The number of aromatic nitrogens is 4. The van der Waals surface area contributed by atoms with Gasteiger partial charge in [-0.15, -0.1) is 0 Å². The Bertz CT molecular complexity index is 614. The summed E-state index contributed by atoms with van der Waals surface area (Å²) in [6, 6.07) is 0.0908. The van der Waals surface area contributed by atoms with Crippen molar-refractivity contribution in [2.75, 3.05) is 0 Å². The van der Waals surface area contributed by atoms with Crippen LogP contribution in [0, 0.1) is 5.92 Å². The van der Waals surface area contributed by atoms with Crippen LogP contribution in [-0.2, 0) is 7.05 Å². The molecule has 5 nitrogen and oxygen atoms in total. The number of halogens is 1. The molecule has 2 rings (SSSR count). The Morgan fingerprint density at radius 1 is 1.35 bits per heavy atom. The van der Waals surface area contributed by atoms with E-state index in [1.807, 2.05) is 6.92 Å². The first-order valence-electron chi connectivity index (χ1n) is 5.52. The van der Waals surface area contributed by atoms with Crippen LogP contribution in [0.25, 0.3) is 11.2 Å². The normalized spacial score (nSPS) is 13.5. The molecule has 0 saturated heterocycles. The number of aryl methyl sites for hydroxylation is 1. The van der Waals surface area contributed by atoms with Gasteiger partial charge in [-0.3, -0.25) is 9.36 Å². The Kier molecular flexibility index (Phi) is 2.95. The Morgan fingerprint density at radius 3 is 2.59 bits per heavy atom. The summed E-state index contributed by atoms with van der Waals surface area (Å²) in [6.07, 6.45) is 1.54. The van der Waals surface area contributed by atoms with Crippen LogP contribution in [0.3, 0.4) is 0 Å². The third kappa shape index (κ3) is 1.84. The van der Waals surface area contributed by atoms with Crippen molar-refractivity contribution in [2.45, 2.75) is 26.8 Å². The maximum Gasteiger partial charge on any atom is 0.279 e. The number of hydrogen-bond donors (Lipinski definition) is 0. The van der Waals surface area contributed by atoms with Crippen LogP contribution in [0.4, 0.5) is 0 Å². The van der Waals surface area contributed by atoms with Crippen LogP contribution in [0.1, 0.15) is 26.8 Å². The molecule has 17 heavy (non-hydrogen) atoms. The first kappa shape index (κ1) is 12.1. The van der Waals surface area contributed by atoms with Gasteiger partial charge in [0.05, 0.1) is 0 Å². The lowest BCUT2D eigenvalue weighted by Gasteiger charge is -2.18. The van der Waals surface area contributed by atoms with E-state index in [2.05, 4.69) is 23.8 Å². The number of imidazole rings is 1. The molecule has 1 atom stereocenters. The highest BCUT2D eigenvalue weighted by Crippen LogP contribution is 2.17. The van der Waals surface area contributed by atoms with Gasteiger partial charge >= 0.3 is 0 Å². The molecule has 0 fully saturated rings. The van der Waals surface area contributed by atoms with Crippen molar-refractivity contribution in [3.63, 3.8) is 0 Å². The summed E-state index contributed by atoms with van der Waals surface area (Å²) in [6.45, 7) is 6.13. The average Bonchev–Trinajstić information content (AvgIpc) is 2.55. The first-order chi connectivity index (χ1) is 7.93. The monoisotopic (exact) mass is 254 g/mol. The highest BCUT2D eigenvalue weighted by atomic mass is 35.5. The van der Waals surface area contributed by atoms with Gasteiger partial charge in [0, 0.05) is 13.1 Å². The summed E-state index contributed by atoms with van der Waals surface area (Å²) in [5.74, 6) is 0.357. The molecule has 2 heterocycles. The van der Waals surface area contributed by atoms with Crippen LogP contribution in [-0.4, -0.2) is 19.1 Å². The largest absolute Gasteiger partial charge is 0.312 e. The van der Waals surface area contributed by atoms with Gasteiger partial charge in [0.25, 0.3) is 5.56 Å². The summed E-state index contributed by atoms with van der Waals surface area (Å²) in [5, 5.41) is 0.277. The van der Waals surface area contributed by atoms with Crippen molar-refractivity contribution < 1.29 is 0 Å². The lowest BCUT2D eigenvalue weighted by molar-refractivity contribution is 0.396. The topological polar surface area (TPSA) is 52.7 Å². The van der Waals surface area contributed by atoms with E-state index in [1.54, 1.807) is 22.5 Å². The Hall–Kier alpha value is -1.36. The highest BCUT2D eigenvalue weighted by Gasteiger charge is 2.17. The molecule has 0 N–H and O–H groups in total. The fraction of sp³-hybridized carbons (Fsp3) is 0.545. The van der Waals surface area contributed by atoms with E-state index in [4.69, 9.17) is 11.6 Å². The molecule has 2 aromatic rings. The van der Waals surface area contributed by atoms with E-state index < -0.39 is 0 Å². The van der Waals surface area contributed by atoms with E-state index in [9.17, 15) is 4.79 Å². The predicted molar refractivity (Wildman–Crippen MR) is 67.3 cm³/mol. The van der Waals surface area contributed by atoms with Gasteiger partial charge in [-0.1, -0.05) is 13.8 Å². The second-order valence-electron chi connectivity index (χ2n) is 4.55. The van der Waals surface area contributed by atoms with Crippen LogP contribution in [0.15, 0.2) is 11.1 Å². The summed E-state index contributed by atoms with van der Waals surface area (Å²) in [4.78, 5) is 20.5. The Labute approximate surface area is 104 Å². The van der Waals surface area contributed by atoms with Gasteiger partial charge in [-0.2, -0.15) is 4.98 Å². The molecule has 2 aromatic heterocycles. The molecular formula is C11H15ClN4O. The maximum absolute atomic E-state index is 12.3. The zero-order chi connectivity index (χ0) is 12.7. The first-order valence-corrected chi connectivity index (χ1v) is 5.90. The second-order valence-corrected chi connectivity index (χ2v) is 4.89. The lowest BCUT2D eigenvalue weighted by atomic mass is 10.1. The Morgan fingerprint density at radius 2 is 2.00 bits per heavy atom. The molecule has 0 amide bonds. The van der Waals surface area contributed by atoms with Gasteiger partial charge in [-0.25, -0.2) is 4.98 Å². The Balaban J connectivity index is 2.73. The van der Waals surface area contributed by atoms with Crippen molar-refractivity contribution >= 4 is 22.8 Å². The number of nitrogens with zero attached hydrogens (tertiary/aromatic N) is 4. The van der Waals surface area contributed by atoms with E-state index in [0.717, 1.165) is 0 Å². The molecule has 0 radical (unpaired) electrons. The molecule has 0 spiro atoms. The minimum absolute atomic E-state index is 0.0908. The molecule has 0 aliphatic rings. The van der Waals surface area contributed by atoms with Crippen molar-refractivity contribution in [1.82, 2.24) is 19.1 Å². The number of rotatable bonds is 2. The third-order valence-electron chi connectivity index (χ3n) is 3.17. The average molecular weight is 255 g/mol. The lowest BCUT2D eigenvalue weighted by Crippen LogP contribution is -2.27. The molecule has 0 saturated carbocycles. The van der Waals surface area contributed by atoms with Crippen LogP contribution in [0.2, 0.25) is 5.28 Å². The van der Waals surface area contributed by atoms with Crippen molar-refractivity contribution in [3.05, 3.63) is 22.0 Å². The molecule has 0 unspecified atom stereocenters. The predicted octanol–water partition coefficient (Wildman–Crippen LogP) is 2.00. The minimum atomic E-state index is -0.0990. The summed E-state index contributed by atoms with van der Waals surface area (Å²) >= 11 is 5.88. The quantitative estimate of drug-likeness (QED) is 0.771. The van der Waals surface area contributed by atoms with Gasteiger partial charge in [0.1, 0.15) is 6.33 Å². The molecule has 0 aliphatic heterocycles. The smallest absolute Gasteiger partial charge is 0.279 e. The van der Waals surface area contributed by atoms with E-state index in [-0.39, 0.29) is 16.9 Å². The fourth-order valence-electron chi connectivity index (χ4n) is 1.69. The third-order valence-corrected chi connectivity index (χ3v) is 3.51. The molecule has 0 aliphatic carbocycles. The van der Waals surface area contributed by atoms with E-state index >= 15 is 0 Å². The highest BCUT2D eigenvalue weighted by molar-refractivity contribution is 6.29. The number of fused-ring (bicyclic) bond motifs is 1. The zero-order valence-electron chi connectivity index (χ0n) is 10.3. The SMILES string of the molecule is CC(C)[C@H](C)n1cnc2nc(Cl)n(C)c2c1=O. The molecular weight excluding hydrogens is 240 g/mol. The van der Waals surface area contributed by atoms with Crippen LogP contribution >= 0.6 is 11.6 Å². The molecule has 6 heteroatoms. The van der Waals surface area contributed by atoms with Crippen LogP contribution < -0.4 is 5.56 Å². The van der Waals surface area contributed by atoms with Gasteiger partial charge in [0.2, 0.25) is 5.28 Å². The van der Waals surface area contributed by atoms with E-state index in [1.165, 1.54) is 0 Å². The summed E-state index contributed by atoms with van der Waals surface area (Å²) in [7, 11) is 1.71. The van der Waals surface area contributed by atoms with Gasteiger partial charge in [0.15, 0.2) is 11.2 Å². The maximum atomic E-state index is 12.3. The number of hydrogen-bond acceptors (Lipinski definition) is 3. The summed E-state index contributed by atoms with van der Waals surface area (Å²) < 4.78 is 3.20. The summed E-state index contributed by atoms with van der Waals surface area (Å²) in [5.41, 5.74) is 0.748. The van der Waals surface area contributed by atoms with Crippen LogP contribution in [0.5, 0.6) is 0 Å². The van der Waals surface area contributed by atoms with Crippen molar-refractivity contribution in [2.24, 2.45) is 13.0 Å². The van der Waals surface area contributed by atoms with Gasteiger partial charge < -0.3 is 4.57 Å². The second kappa shape index (κ2) is 4.14. The molecule has 92 valence electrons.